The first kappa shape index (κ1) is 16.1. The lowest BCUT2D eigenvalue weighted by Gasteiger charge is -2.13. The van der Waals surface area contributed by atoms with Gasteiger partial charge in [-0.15, -0.1) is 0 Å². The van der Waals surface area contributed by atoms with Crippen molar-refractivity contribution in [2.75, 3.05) is 0 Å². The van der Waals surface area contributed by atoms with Gasteiger partial charge in [-0.2, -0.15) is 0 Å². The van der Waals surface area contributed by atoms with E-state index >= 15 is 0 Å². The number of hydrogen-bond acceptors (Lipinski definition) is 4. The summed E-state index contributed by atoms with van der Waals surface area (Å²) in [6.07, 6.45) is 0. The SMILES string of the molecule is CC(NC(=O)c1cc(-c2ccc(Cl)cc2)no1)c1cccc(O)c1. The van der Waals surface area contributed by atoms with Gasteiger partial charge in [0.1, 0.15) is 11.4 Å². The Balaban J connectivity index is 1.73. The molecule has 0 aliphatic carbocycles. The van der Waals surface area contributed by atoms with E-state index in [1.807, 2.05) is 13.0 Å². The van der Waals surface area contributed by atoms with Gasteiger partial charge in [-0.05, 0) is 36.8 Å². The Morgan fingerprint density at radius 3 is 2.67 bits per heavy atom. The van der Waals surface area contributed by atoms with Crippen LogP contribution in [0.5, 0.6) is 5.75 Å². The molecule has 0 aliphatic rings. The molecule has 3 rings (SSSR count). The fourth-order valence-corrected chi connectivity index (χ4v) is 2.41. The van der Waals surface area contributed by atoms with Gasteiger partial charge in [0.15, 0.2) is 0 Å². The average Bonchev–Trinajstić information content (AvgIpc) is 3.05. The molecule has 122 valence electrons. The van der Waals surface area contributed by atoms with Crippen molar-refractivity contribution in [2.45, 2.75) is 13.0 Å². The Hall–Kier alpha value is -2.79. The number of aromatic hydroxyl groups is 1. The monoisotopic (exact) mass is 342 g/mol. The maximum atomic E-state index is 12.3. The van der Waals surface area contributed by atoms with Crippen molar-refractivity contribution in [3.8, 4) is 17.0 Å². The van der Waals surface area contributed by atoms with Gasteiger partial charge in [0.2, 0.25) is 5.76 Å². The van der Waals surface area contributed by atoms with Gasteiger partial charge < -0.3 is 14.9 Å². The quantitative estimate of drug-likeness (QED) is 0.745. The van der Waals surface area contributed by atoms with E-state index in [9.17, 15) is 9.90 Å². The number of halogens is 1. The molecule has 2 aromatic carbocycles. The van der Waals surface area contributed by atoms with E-state index in [0.717, 1.165) is 11.1 Å². The predicted molar refractivity (Wildman–Crippen MR) is 90.9 cm³/mol. The van der Waals surface area contributed by atoms with E-state index in [4.69, 9.17) is 16.1 Å². The lowest BCUT2D eigenvalue weighted by molar-refractivity contribution is 0.0902. The zero-order valence-corrected chi connectivity index (χ0v) is 13.6. The minimum absolute atomic E-state index is 0.118. The van der Waals surface area contributed by atoms with Gasteiger partial charge in [-0.1, -0.05) is 41.0 Å². The summed E-state index contributed by atoms with van der Waals surface area (Å²) in [4.78, 5) is 12.3. The lowest BCUT2D eigenvalue weighted by atomic mass is 10.1. The Kier molecular flexibility index (Phi) is 4.53. The molecule has 1 heterocycles. The third kappa shape index (κ3) is 3.58. The van der Waals surface area contributed by atoms with E-state index in [2.05, 4.69) is 10.5 Å². The van der Waals surface area contributed by atoms with Crippen LogP contribution in [-0.4, -0.2) is 16.2 Å². The highest BCUT2D eigenvalue weighted by molar-refractivity contribution is 6.30. The van der Waals surface area contributed by atoms with Crippen molar-refractivity contribution in [2.24, 2.45) is 0 Å². The normalized spacial score (nSPS) is 11.9. The molecule has 5 nitrogen and oxygen atoms in total. The van der Waals surface area contributed by atoms with Crippen molar-refractivity contribution in [1.29, 1.82) is 0 Å². The molecule has 0 radical (unpaired) electrons. The first-order chi connectivity index (χ1) is 11.5. The number of nitrogens with one attached hydrogen (secondary N) is 1. The number of hydrogen-bond donors (Lipinski definition) is 2. The number of amides is 1. The number of aromatic nitrogens is 1. The topological polar surface area (TPSA) is 75.4 Å². The van der Waals surface area contributed by atoms with Gasteiger partial charge in [0.25, 0.3) is 5.91 Å². The van der Waals surface area contributed by atoms with E-state index in [1.54, 1.807) is 48.5 Å². The number of carbonyl (C=O) groups excluding carboxylic acids is 1. The van der Waals surface area contributed by atoms with Gasteiger partial charge in [0, 0.05) is 16.7 Å². The maximum Gasteiger partial charge on any atom is 0.290 e. The summed E-state index contributed by atoms with van der Waals surface area (Å²) in [6, 6.07) is 15.1. The van der Waals surface area contributed by atoms with Gasteiger partial charge in [-0.3, -0.25) is 4.79 Å². The Bertz CT molecular complexity index is 859. The second-order valence-corrected chi connectivity index (χ2v) is 5.81. The van der Waals surface area contributed by atoms with E-state index < -0.39 is 0 Å². The van der Waals surface area contributed by atoms with Crippen LogP contribution in [0, 0.1) is 0 Å². The fraction of sp³-hybridized carbons (Fsp3) is 0.111. The van der Waals surface area contributed by atoms with Crippen LogP contribution in [-0.2, 0) is 0 Å². The summed E-state index contributed by atoms with van der Waals surface area (Å²) in [6.45, 7) is 1.82. The molecule has 6 heteroatoms. The molecule has 1 amide bonds. The van der Waals surface area contributed by atoms with Crippen molar-refractivity contribution < 1.29 is 14.4 Å². The molecule has 2 N–H and O–H groups in total. The summed E-state index contributed by atoms with van der Waals surface area (Å²) in [7, 11) is 0. The molecule has 24 heavy (non-hydrogen) atoms. The van der Waals surface area contributed by atoms with E-state index in [0.29, 0.717) is 10.7 Å². The molecule has 1 unspecified atom stereocenters. The molecule has 0 fully saturated rings. The Morgan fingerprint density at radius 2 is 1.96 bits per heavy atom. The Morgan fingerprint density at radius 1 is 1.21 bits per heavy atom. The number of benzene rings is 2. The van der Waals surface area contributed by atoms with Gasteiger partial charge in [0.05, 0.1) is 6.04 Å². The molecule has 1 aromatic heterocycles. The molecular weight excluding hydrogens is 328 g/mol. The number of phenolic OH excluding ortho intramolecular Hbond substituents is 1. The van der Waals surface area contributed by atoms with Crippen molar-refractivity contribution in [3.05, 3.63) is 70.9 Å². The number of phenols is 1. The molecule has 3 aromatic rings. The molecule has 0 bridgehead atoms. The molecule has 0 saturated carbocycles. The van der Waals surface area contributed by atoms with Crippen LogP contribution >= 0.6 is 11.6 Å². The minimum atomic E-state index is -0.376. The molecule has 1 atom stereocenters. The fourth-order valence-electron chi connectivity index (χ4n) is 2.28. The lowest BCUT2D eigenvalue weighted by Crippen LogP contribution is -2.26. The van der Waals surface area contributed by atoms with E-state index in [-0.39, 0.29) is 23.5 Å². The third-order valence-electron chi connectivity index (χ3n) is 3.59. The highest BCUT2D eigenvalue weighted by Crippen LogP contribution is 2.22. The summed E-state index contributed by atoms with van der Waals surface area (Å²) in [5.74, 6) is -0.108. The summed E-state index contributed by atoms with van der Waals surface area (Å²) in [5.41, 5.74) is 2.16. The highest BCUT2D eigenvalue weighted by Gasteiger charge is 2.17. The van der Waals surface area contributed by atoms with Crippen LogP contribution in [0.15, 0.2) is 59.1 Å². The van der Waals surface area contributed by atoms with E-state index in [1.165, 1.54) is 0 Å². The second-order valence-electron chi connectivity index (χ2n) is 5.37. The van der Waals surface area contributed by atoms with Crippen LogP contribution in [0.1, 0.15) is 29.1 Å². The zero-order valence-electron chi connectivity index (χ0n) is 12.9. The van der Waals surface area contributed by atoms with Crippen LogP contribution in [0.3, 0.4) is 0 Å². The van der Waals surface area contributed by atoms with Crippen molar-refractivity contribution in [3.63, 3.8) is 0 Å². The van der Waals surface area contributed by atoms with Crippen LogP contribution < -0.4 is 5.32 Å². The smallest absolute Gasteiger partial charge is 0.290 e. The molecule has 0 saturated heterocycles. The molecular formula is C18H15ClN2O3. The summed E-state index contributed by atoms with van der Waals surface area (Å²) < 4.78 is 5.13. The van der Waals surface area contributed by atoms with Gasteiger partial charge in [-0.25, -0.2) is 0 Å². The average molecular weight is 343 g/mol. The largest absolute Gasteiger partial charge is 0.508 e. The molecule has 0 spiro atoms. The predicted octanol–water partition coefficient (Wildman–Crippen LogP) is 4.19. The highest BCUT2D eigenvalue weighted by atomic mass is 35.5. The summed E-state index contributed by atoms with van der Waals surface area (Å²) >= 11 is 5.86. The first-order valence-electron chi connectivity index (χ1n) is 7.35. The van der Waals surface area contributed by atoms with Crippen LogP contribution in [0.25, 0.3) is 11.3 Å². The van der Waals surface area contributed by atoms with Crippen LogP contribution in [0.4, 0.5) is 0 Å². The minimum Gasteiger partial charge on any atom is -0.508 e. The zero-order chi connectivity index (χ0) is 17.1. The van der Waals surface area contributed by atoms with Gasteiger partial charge >= 0.3 is 0 Å². The maximum absolute atomic E-state index is 12.3. The number of nitrogens with zero attached hydrogens (tertiary/aromatic N) is 1. The van der Waals surface area contributed by atoms with Crippen LogP contribution in [0.2, 0.25) is 5.02 Å². The second kappa shape index (κ2) is 6.76. The number of carbonyl (C=O) groups is 1. The molecule has 0 aliphatic heterocycles. The van der Waals surface area contributed by atoms with Crippen molar-refractivity contribution >= 4 is 17.5 Å². The van der Waals surface area contributed by atoms with Crippen molar-refractivity contribution in [1.82, 2.24) is 10.5 Å². The standard InChI is InChI=1S/C18H15ClN2O3/c1-11(13-3-2-4-15(22)9-13)20-18(23)17-10-16(21-24-17)12-5-7-14(19)8-6-12/h2-11,22H,1H3,(H,20,23). The third-order valence-corrected chi connectivity index (χ3v) is 3.84. The Labute approximate surface area is 143 Å². The number of rotatable bonds is 4. The first-order valence-corrected chi connectivity index (χ1v) is 7.73. The summed E-state index contributed by atoms with van der Waals surface area (Å²) in [5, 5.41) is 16.9.